The molecule has 1 aliphatic carbocycles. The van der Waals surface area contributed by atoms with Gasteiger partial charge in [-0.15, -0.1) is 23.1 Å². The maximum absolute atomic E-state index is 12.7. The Morgan fingerprint density at radius 2 is 2.19 bits per heavy atom. The van der Waals surface area contributed by atoms with Crippen LogP contribution in [-0.4, -0.2) is 9.97 Å². The Labute approximate surface area is 166 Å². The average molecular weight is 396 g/mol. The second kappa shape index (κ2) is 7.49. The summed E-state index contributed by atoms with van der Waals surface area (Å²) in [7, 11) is 0. The van der Waals surface area contributed by atoms with Crippen molar-refractivity contribution in [2.45, 2.75) is 44.1 Å². The maximum Gasteiger partial charge on any atom is 0.259 e. The number of rotatable bonds is 4. The van der Waals surface area contributed by atoms with Crippen LogP contribution >= 0.6 is 23.1 Å². The second-order valence-electron chi connectivity index (χ2n) is 7.25. The van der Waals surface area contributed by atoms with E-state index < -0.39 is 0 Å². The molecule has 0 spiro atoms. The van der Waals surface area contributed by atoms with Crippen molar-refractivity contribution in [3.05, 3.63) is 62.0 Å². The van der Waals surface area contributed by atoms with Crippen LogP contribution in [0.2, 0.25) is 0 Å². The van der Waals surface area contributed by atoms with Crippen molar-refractivity contribution >= 4 is 33.3 Å². The smallest absolute Gasteiger partial charge is 0.259 e. The van der Waals surface area contributed by atoms with Crippen molar-refractivity contribution in [2.24, 2.45) is 5.92 Å². The molecule has 4 rings (SSSR count). The van der Waals surface area contributed by atoms with Crippen LogP contribution in [0.25, 0.3) is 10.2 Å². The number of hydrogen-bond donors (Lipinski definition) is 1. The Hall–Kier alpha value is -2.10. The minimum Gasteiger partial charge on any atom is -0.309 e. The molecule has 1 N–H and O–H groups in total. The zero-order chi connectivity index (χ0) is 19.0. The Kier molecular flexibility index (Phi) is 5.07. The molecule has 0 saturated carbocycles. The van der Waals surface area contributed by atoms with E-state index in [0.29, 0.717) is 11.5 Å². The van der Waals surface area contributed by atoms with E-state index in [1.165, 1.54) is 10.4 Å². The first kappa shape index (κ1) is 18.3. The molecule has 1 aromatic carbocycles. The Morgan fingerprint density at radius 1 is 1.41 bits per heavy atom. The van der Waals surface area contributed by atoms with E-state index in [1.54, 1.807) is 23.1 Å². The summed E-state index contributed by atoms with van der Waals surface area (Å²) in [5.74, 6) is 2.25. The van der Waals surface area contributed by atoms with Crippen molar-refractivity contribution in [3.63, 3.8) is 0 Å². The zero-order valence-corrected chi connectivity index (χ0v) is 17.0. The lowest BCUT2D eigenvalue weighted by molar-refractivity contribution is 0.509. The number of fused-ring (bicyclic) bond motifs is 3. The van der Waals surface area contributed by atoms with Crippen LogP contribution < -0.4 is 5.56 Å². The summed E-state index contributed by atoms with van der Waals surface area (Å²) in [6, 6.07) is 9.77. The minimum atomic E-state index is 0.00729. The average Bonchev–Trinajstić information content (AvgIpc) is 3.04. The molecule has 0 aliphatic heterocycles. The predicted octanol–water partition coefficient (Wildman–Crippen LogP) is 4.98. The van der Waals surface area contributed by atoms with Crippen LogP contribution in [0.4, 0.5) is 0 Å². The summed E-state index contributed by atoms with van der Waals surface area (Å²) in [4.78, 5) is 22.8. The van der Waals surface area contributed by atoms with Crippen molar-refractivity contribution in [1.29, 1.82) is 5.26 Å². The SMILES string of the molecule is C[C@H]1CCc2c(sc3nc([C@H](C)SCc4ccc(C#N)cc4)[nH]c(=O)c23)C1. The topological polar surface area (TPSA) is 69.5 Å². The first-order valence-corrected chi connectivity index (χ1v) is 11.1. The number of nitrogens with one attached hydrogen (secondary N) is 1. The van der Waals surface area contributed by atoms with Gasteiger partial charge in [-0.05, 0) is 55.4 Å². The number of thioether (sulfide) groups is 1. The molecule has 2 heterocycles. The highest BCUT2D eigenvalue weighted by Gasteiger charge is 2.23. The third-order valence-corrected chi connectivity index (χ3v) is 7.52. The molecule has 1 aliphatic rings. The Morgan fingerprint density at radius 3 is 2.93 bits per heavy atom. The van der Waals surface area contributed by atoms with Gasteiger partial charge in [0.2, 0.25) is 0 Å². The van der Waals surface area contributed by atoms with Crippen molar-refractivity contribution in [3.8, 4) is 6.07 Å². The molecule has 27 heavy (non-hydrogen) atoms. The van der Waals surface area contributed by atoms with E-state index in [0.717, 1.165) is 46.6 Å². The predicted molar refractivity (Wildman–Crippen MR) is 112 cm³/mol. The van der Waals surface area contributed by atoms with Gasteiger partial charge in [-0.1, -0.05) is 19.1 Å². The number of thiophene rings is 1. The molecule has 4 nitrogen and oxygen atoms in total. The lowest BCUT2D eigenvalue weighted by Crippen LogP contribution is -2.15. The second-order valence-corrected chi connectivity index (χ2v) is 9.66. The molecular weight excluding hydrogens is 374 g/mol. The molecule has 0 radical (unpaired) electrons. The third kappa shape index (κ3) is 3.67. The van der Waals surface area contributed by atoms with Crippen LogP contribution in [0.5, 0.6) is 0 Å². The van der Waals surface area contributed by atoms with Crippen LogP contribution in [0, 0.1) is 17.2 Å². The fourth-order valence-corrected chi connectivity index (χ4v) is 5.83. The van der Waals surface area contributed by atoms with E-state index >= 15 is 0 Å². The molecule has 2 aromatic heterocycles. The molecule has 2 atom stereocenters. The molecule has 0 amide bonds. The van der Waals surface area contributed by atoms with Gasteiger partial charge in [-0.25, -0.2) is 4.98 Å². The third-order valence-electron chi connectivity index (χ3n) is 5.15. The number of nitrogens with zero attached hydrogens (tertiary/aromatic N) is 2. The van der Waals surface area contributed by atoms with Gasteiger partial charge < -0.3 is 4.98 Å². The van der Waals surface area contributed by atoms with E-state index in [4.69, 9.17) is 10.2 Å². The molecule has 138 valence electrons. The lowest BCUT2D eigenvalue weighted by Gasteiger charge is -2.17. The van der Waals surface area contributed by atoms with E-state index in [9.17, 15) is 4.79 Å². The van der Waals surface area contributed by atoms with Gasteiger partial charge in [0, 0.05) is 10.6 Å². The van der Waals surface area contributed by atoms with E-state index in [2.05, 4.69) is 24.9 Å². The fraction of sp³-hybridized carbons (Fsp3) is 0.381. The highest BCUT2D eigenvalue weighted by atomic mass is 32.2. The highest BCUT2D eigenvalue weighted by Crippen LogP contribution is 2.37. The van der Waals surface area contributed by atoms with Gasteiger partial charge >= 0.3 is 0 Å². The van der Waals surface area contributed by atoms with Crippen molar-refractivity contribution in [2.75, 3.05) is 0 Å². The minimum absolute atomic E-state index is 0.00729. The summed E-state index contributed by atoms with van der Waals surface area (Å²) >= 11 is 3.43. The van der Waals surface area contributed by atoms with Crippen LogP contribution in [0.3, 0.4) is 0 Å². The number of hydrogen-bond acceptors (Lipinski definition) is 5. The van der Waals surface area contributed by atoms with Crippen LogP contribution in [0.1, 0.15) is 52.9 Å². The number of nitriles is 1. The van der Waals surface area contributed by atoms with E-state index in [1.807, 2.05) is 24.3 Å². The van der Waals surface area contributed by atoms with Crippen LogP contribution in [0.15, 0.2) is 29.1 Å². The first-order chi connectivity index (χ1) is 13.0. The summed E-state index contributed by atoms with van der Waals surface area (Å²) in [6.45, 7) is 4.35. The summed E-state index contributed by atoms with van der Waals surface area (Å²) in [6.07, 6.45) is 3.20. The van der Waals surface area contributed by atoms with Gasteiger partial charge in [0.25, 0.3) is 5.56 Å². The monoisotopic (exact) mass is 395 g/mol. The van der Waals surface area contributed by atoms with Crippen molar-refractivity contribution < 1.29 is 0 Å². The van der Waals surface area contributed by atoms with Gasteiger partial charge in [-0.2, -0.15) is 5.26 Å². The number of aromatic nitrogens is 2. The number of benzene rings is 1. The normalized spacial score (nSPS) is 17.4. The van der Waals surface area contributed by atoms with Gasteiger partial charge in [0.1, 0.15) is 10.7 Å². The zero-order valence-electron chi connectivity index (χ0n) is 15.4. The fourth-order valence-electron chi connectivity index (χ4n) is 3.53. The standard InChI is InChI=1S/C21H21N3OS2/c1-12-3-8-16-17(9-12)27-21-18(16)20(25)23-19(24-21)13(2)26-11-15-6-4-14(10-22)5-7-15/h4-7,12-13H,3,8-9,11H2,1-2H3,(H,23,24,25)/t12-,13-/m0/s1. The largest absolute Gasteiger partial charge is 0.309 e. The Bertz CT molecular complexity index is 1080. The summed E-state index contributed by atoms with van der Waals surface area (Å²) in [5, 5.41) is 9.79. The lowest BCUT2D eigenvalue weighted by atomic mass is 9.89. The molecule has 0 unspecified atom stereocenters. The maximum atomic E-state index is 12.7. The molecule has 6 heteroatoms. The first-order valence-electron chi connectivity index (χ1n) is 9.20. The number of H-pyrrole nitrogens is 1. The van der Waals surface area contributed by atoms with Crippen LogP contribution in [-0.2, 0) is 18.6 Å². The molecule has 0 saturated heterocycles. The number of aromatic amines is 1. The quantitative estimate of drug-likeness (QED) is 0.677. The van der Waals surface area contributed by atoms with E-state index in [-0.39, 0.29) is 10.8 Å². The molecule has 3 aromatic rings. The van der Waals surface area contributed by atoms with Gasteiger partial charge in [-0.3, -0.25) is 4.79 Å². The number of aryl methyl sites for hydroxylation is 1. The highest BCUT2D eigenvalue weighted by molar-refractivity contribution is 7.98. The molecule has 0 fully saturated rings. The summed E-state index contributed by atoms with van der Waals surface area (Å²) < 4.78 is 0. The van der Waals surface area contributed by atoms with Gasteiger partial charge in [0.05, 0.1) is 22.3 Å². The summed E-state index contributed by atoms with van der Waals surface area (Å²) in [5.41, 5.74) is 3.07. The molecule has 0 bridgehead atoms. The Balaban J connectivity index is 1.56. The van der Waals surface area contributed by atoms with Gasteiger partial charge in [0.15, 0.2) is 0 Å². The van der Waals surface area contributed by atoms with Crippen molar-refractivity contribution in [1.82, 2.24) is 9.97 Å². The molecular formula is C21H21N3OS2.